The van der Waals surface area contributed by atoms with Gasteiger partial charge in [-0.3, -0.25) is 19.7 Å². The van der Waals surface area contributed by atoms with E-state index in [2.05, 4.69) is 25.2 Å². The Bertz CT molecular complexity index is 963. The lowest BCUT2D eigenvalue weighted by atomic mass is 9.91. The summed E-state index contributed by atoms with van der Waals surface area (Å²) in [7, 11) is 1.66. The summed E-state index contributed by atoms with van der Waals surface area (Å²) in [5.74, 6) is 0.958. The second kappa shape index (κ2) is 9.11. The molecule has 1 fully saturated rings. The van der Waals surface area contributed by atoms with Gasteiger partial charge in [-0.2, -0.15) is 0 Å². The first-order chi connectivity index (χ1) is 14.2. The molecule has 8 heteroatoms. The van der Waals surface area contributed by atoms with E-state index in [0.717, 1.165) is 48.6 Å². The van der Waals surface area contributed by atoms with E-state index in [1.165, 1.54) is 11.3 Å². The molecule has 3 heterocycles. The number of methoxy groups -OCH3 is 1. The zero-order valence-electron chi connectivity index (χ0n) is 16.2. The molecule has 0 unspecified atom stereocenters. The lowest BCUT2D eigenvalue weighted by Gasteiger charge is -2.32. The molecule has 1 aliphatic rings. The monoisotopic (exact) mass is 409 g/mol. The van der Waals surface area contributed by atoms with Crippen LogP contribution in [-0.4, -0.2) is 52.5 Å². The quantitative estimate of drug-likeness (QED) is 0.672. The summed E-state index contributed by atoms with van der Waals surface area (Å²) < 4.78 is 5.53. The number of hydrogen-bond acceptors (Lipinski definition) is 7. The van der Waals surface area contributed by atoms with Crippen LogP contribution in [0.1, 0.15) is 24.5 Å². The summed E-state index contributed by atoms with van der Waals surface area (Å²) in [6, 6.07) is 7.87. The summed E-state index contributed by atoms with van der Waals surface area (Å²) in [4.78, 5) is 27.9. The average Bonchev–Trinajstić information content (AvgIpc) is 3.26. The van der Waals surface area contributed by atoms with E-state index < -0.39 is 0 Å². The Morgan fingerprint density at radius 3 is 2.93 bits per heavy atom. The largest absolute Gasteiger partial charge is 0.496 e. The Morgan fingerprint density at radius 1 is 1.24 bits per heavy atom. The van der Waals surface area contributed by atoms with E-state index in [0.29, 0.717) is 11.7 Å². The van der Waals surface area contributed by atoms with Gasteiger partial charge in [-0.15, -0.1) is 11.3 Å². The third-order valence-corrected chi connectivity index (χ3v) is 5.72. The highest BCUT2D eigenvalue weighted by Crippen LogP contribution is 2.35. The van der Waals surface area contributed by atoms with Crippen LogP contribution >= 0.6 is 11.3 Å². The number of para-hydroxylation sites is 1. The number of piperidine rings is 1. The number of carbonyl (C=O) groups excluding carboxylic acids is 1. The molecule has 1 saturated heterocycles. The maximum absolute atomic E-state index is 12.4. The molecular formula is C21H23N5O2S. The Morgan fingerprint density at radius 2 is 2.10 bits per heavy atom. The normalized spacial score (nSPS) is 17.1. The van der Waals surface area contributed by atoms with Crippen molar-refractivity contribution in [1.82, 2.24) is 19.9 Å². The fourth-order valence-electron chi connectivity index (χ4n) is 3.76. The van der Waals surface area contributed by atoms with Crippen molar-refractivity contribution >= 4 is 22.4 Å². The third-order valence-electron chi connectivity index (χ3n) is 5.03. The summed E-state index contributed by atoms with van der Waals surface area (Å²) >= 11 is 1.42. The number of likely N-dealkylation sites (tertiary alicyclic amines) is 1. The number of thiazole rings is 1. The molecule has 1 aliphatic heterocycles. The summed E-state index contributed by atoms with van der Waals surface area (Å²) in [5, 5.41) is 5.34. The predicted octanol–water partition coefficient (Wildman–Crippen LogP) is 3.43. The second-order valence-corrected chi connectivity index (χ2v) is 7.84. The number of nitrogens with one attached hydrogen (secondary N) is 1. The minimum Gasteiger partial charge on any atom is -0.496 e. The van der Waals surface area contributed by atoms with Gasteiger partial charge in [0.2, 0.25) is 5.91 Å². The van der Waals surface area contributed by atoms with Gasteiger partial charge in [0.1, 0.15) is 5.75 Å². The molecule has 29 heavy (non-hydrogen) atoms. The molecule has 1 N–H and O–H groups in total. The van der Waals surface area contributed by atoms with Crippen LogP contribution in [-0.2, 0) is 4.79 Å². The number of carbonyl (C=O) groups is 1. The van der Waals surface area contributed by atoms with Gasteiger partial charge in [-0.25, -0.2) is 4.98 Å². The molecule has 7 nitrogen and oxygen atoms in total. The molecule has 0 bridgehead atoms. The fraction of sp³-hybridized carbons (Fsp3) is 0.333. The fourth-order valence-corrected chi connectivity index (χ4v) is 4.31. The van der Waals surface area contributed by atoms with E-state index in [4.69, 9.17) is 4.74 Å². The van der Waals surface area contributed by atoms with Crippen molar-refractivity contribution < 1.29 is 9.53 Å². The zero-order chi connectivity index (χ0) is 20.1. The molecule has 150 valence electrons. The average molecular weight is 410 g/mol. The van der Waals surface area contributed by atoms with Crippen molar-refractivity contribution in [3.63, 3.8) is 0 Å². The molecular weight excluding hydrogens is 386 g/mol. The predicted molar refractivity (Wildman–Crippen MR) is 113 cm³/mol. The van der Waals surface area contributed by atoms with E-state index in [-0.39, 0.29) is 11.8 Å². The lowest BCUT2D eigenvalue weighted by Crippen LogP contribution is -2.40. The minimum atomic E-state index is -0.0373. The van der Waals surface area contributed by atoms with E-state index in [1.54, 1.807) is 25.7 Å². The zero-order valence-corrected chi connectivity index (χ0v) is 17.1. The van der Waals surface area contributed by atoms with Crippen LogP contribution in [0.25, 0.3) is 11.3 Å². The number of ether oxygens (including phenoxy) is 1. The summed E-state index contributed by atoms with van der Waals surface area (Å²) in [5.41, 5.74) is 2.75. The van der Waals surface area contributed by atoms with Gasteiger partial charge in [0.05, 0.1) is 25.0 Å². The molecule has 0 spiro atoms. The molecule has 1 aromatic carbocycles. The summed E-state index contributed by atoms with van der Waals surface area (Å²) in [6.45, 7) is 2.01. The minimum absolute atomic E-state index is 0.0373. The number of benzene rings is 1. The molecule has 0 radical (unpaired) electrons. The van der Waals surface area contributed by atoms with Crippen LogP contribution in [0.4, 0.5) is 5.13 Å². The van der Waals surface area contributed by atoms with Crippen molar-refractivity contribution in [3.05, 3.63) is 53.9 Å². The SMILES string of the molecule is COc1ccccc1-c1nccnc1[C@@H]1CCCN(CC(=O)Nc2nccs2)C1. The highest BCUT2D eigenvalue weighted by Gasteiger charge is 2.27. The number of aromatic nitrogens is 3. The van der Waals surface area contributed by atoms with Gasteiger partial charge in [-0.05, 0) is 31.5 Å². The molecule has 1 atom stereocenters. The standard InChI is InChI=1S/C21H23N5O2S/c1-28-17-7-3-2-6-16(17)20-19(22-8-9-23-20)15-5-4-11-26(13-15)14-18(27)25-21-24-10-12-29-21/h2-3,6-10,12,15H,4-5,11,13-14H2,1H3,(H,24,25,27)/t15-/m1/s1. The van der Waals surface area contributed by atoms with Crippen molar-refractivity contribution in [1.29, 1.82) is 0 Å². The lowest BCUT2D eigenvalue weighted by molar-refractivity contribution is -0.117. The van der Waals surface area contributed by atoms with Crippen LogP contribution in [0.3, 0.4) is 0 Å². The Labute approximate surface area is 173 Å². The summed E-state index contributed by atoms with van der Waals surface area (Å²) in [6.07, 6.45) is 7.17. The van der Waals surface area contributed by atoms with Crippen LogP contribution < -0.4 is 10.1 Å². The first-order valence-electron chi connectivity index (χ1n) is 9.60. The molecule has 0 aliphatic carbocycles. The Balaban J connectivity index is 1.51. The van der Waals surface area contributed by atoms with Crippen molar-refractivity contribution in [2.24, 2.45) is 0 Å². The first kappa shape index (κ1) is 19.5. The Kier molecular flexibility index (Phi) is 6.12. The molecule has 0 saturated carbocycles. The number of anilines is 1. The Hall–Kier alpha value is -2.84. The van der Waals surface area contributed by atoms with E-state index >= 15 is 0 Å². The maximum atomic E-state index is 12.4. The van der Waals surface area contributed by atoms with Crippen molar-refractivity contribution in [2.75, 3.05) is 32.1 Å². The van der Waals surface area contributed by atoms with Crippen molar-refractivity contribution in [3.8, 4) is 17.0 Å². The molecule has 3 aromatic rings. The number of rotatable bonds is 6. The van der Waals surface area contributed by atoms with Gasteiger partial charge in [-0.1, -0.05) is 12.1 Å². The second-order valence-electron chi connectivity index (χ2n) is 6.95. The van der Waals surface area contributed by atoms with Gasteiger partial charge in [0.15, 0.2) is 5.13 Å². The number of amides is 1. The molecule has 2 aromatic heterocycles. The highest BCUT2D eigenvalue weighted by atomic mass is 32.1. The first-order valence-corrected chi connectivity index (χ1v) is 10.5. The number of nitrogens with zero attached hydrogens (tertiary/aromatic N) is 4. The van der Waals surface area contributed by atoms with Gasteiger partial charge >= 0.3 is 0 Å². The van der Waals surface area contributed by atoms with Gasteiger partial charge < -0.3 is 10.1 Å². The molecule has 4 rings (SSSR count). The highest BCUT2D eigenvalue weighted by molar-refractivity contribution is 7.13. The maximum Gasteiger partial charge on any atom is 0.240 e. The van der Waals surface area contributed by atoms with Crippen LogP contribution in [0.2, 0.25) is 0 Å². The van der Waals surface area contributed by atoms with Crippen LogP contribution in [0.15, 0.2) is 48.2 Å². The number of hydrogen-bond donors (Lipinski definition) is 1. The van der Waals surface area contributed by atoms with E-state index in [1.807, 2.05) is 29.6 Å². The van der Waals surface area contributed by atoms with Gasteiger partial charge in [0.25, 0.3) is 0 Å². The van der Waals surface area contributed by atoms with E-state index in [9.17, 15) is 4.79 Å². The topological polar surface area (TPSA) is 80.2 Å². The van der Waals surface area contributed by atoms with Gasteiger partial charge in [0, 0.05) is 42.0 Å². The third kappa shape index (κ3) is 4.60. The van der Waals surface area contributed by atoms with Crippen LogP contribution in [0.5, 0.6) is 5.75 Å². The molecule has 1 amide bonds. The van der Waals surface area contributed by atoms with Crippen LogP contribution in [0, 0.1) is 0 Å². The smallest absolute Gasteiger partial charge is 0.240 e. The van der Waals surface area contributed by atoms with Crippen molar-refractivity contribution in [2.45, 2.75) is 18.8 Å².